The molecule has 2 aromatic carbocycles. The summed E-state index contributed by atoms with van der Waals surface area (Å²) < 4.78 is 0. The highest BCUT2D eigenvalue weighted by molar-refractivity contribution is 6.00. The number of nitrogens with two attached hydrogens (primary N) is 1. The fraction of sp³-hybridized carbons (Fsp3) is 0.423. The molecule has 0 aliphatic heterocycles. The van der Waals surface area contributed by atoms with Crippen LogP contribution in [0.3, 0.4) is 0 Å². The number of rotatable bonds is 6. The lowest BCUT2D eigenvalue weighted by Crippen LogP contribution is -2.34. The first-order valence-electron chi connectivity index (χ1n) is 11.3. The van der Waals surface area contributed by atoms with Gasteiger partial charge in [0.1, 0.15) is 5.82 Å². The highest BCUT2D eigenvalue weighted by atomic mass is 16.1. The van der Waals surface area contributed by atoms with Crippen molar-refractivity contribution in [2.75, 3.05) is 36.6 Å². The summed E-state index contributed by atoms with van der Waals surface area (Å²) in [5.74, 6) is 1.99. The molecule has 1 saturated carbocycles. The van der Waals surface area contributed by atoms with Crippen molar-refractivity contribution in [1.82, 2.24) is 15.3 Å². The summed E-state index contributed by atoms with van der Waals surface area (Å²) in [7, 11) is 4.01. The number of hydrogen-bond donors (Lipinski definition) is 3. The number of aryl methyl sites for hydroxylation is 1. The van der Waals surface area contributed by atoms with Crippen LogP contribution in [0.1, 0.15) is 49.0 Å². The Labute approximate surface area is 196 Å². The van der Waals surface area contributed by atoms with Gasteiger partial charge in [0.25, 0.3) is 5.91 Å². The normalized spacial score (nSPS) is 17.8. The van der Waals surface area contributed by atoms with E-state index >= 15 is 0 Å². The number of aromatic nitrogens is 2. The van der Waals surface area contributed by atoms with E-state index in [0.29, 0.717) is 35.7 Å². The van der Waals surface area contributed by atoms with E-state index in [-0.39, 0.29) is 13.3 Å². The molecule has 0 atom stereocenters. The van der Waals surface area contributed by atoms with Crippen LogP contribution in [0.25, 0.3) is 10.9 Å². The number of carbonyl (C=O) groups is 1. The molecule has 1 amide bonds. The number of nitrogens with zero attached hydrogens (tertiary/aromatic N) is 3. The number of carbonyl (C=O) groups excluding carboxylic acids is 1. The molecule has 4 N–H and O–H groups in total. The maximum atomic E-state index is 12.6. The molecule has 0 radical (unpaired) electrons. The van der Waals surface area contributed by atoms with E-state index in [2.05, 4.69) is 16.7 Å². The zero-order chi connectivity index (χ0) is 22.7. The van der Waals surface area contributed by atoms with Gasteiger partial charge in [-0.25, -0.2) is 4.98 Å². The van der Waals surface area contributed by atoms with Gasteiger partial charge in [0.2, 0.25) is 5.95 Å². The molecule has 1 aromatic heterocycles. The summed E-state index contributed by atoms with van der Waals surface area (Å²) in [6, 6.07) is 14.0. The van der Waals surface area contributed by atoms with Crippen LogP contribution in [-0.2, 0) is 0 Å². The van der Waals surface area contributed by atoms with Crippen LogP contribution in [0.5, 0.6) is 0 Å². The van der Waals surface area contributed by atoms with Gasteiger partial charge in [-0.2, -0.15) is 4.98 Å². The molecule has 1 heterocycles. The molecule has 7 nitrogen and oxygen atoms in total. The third-order valence-electron chi connectivity index (χ3n) is 6.27. The van der Waals surface area contributed by atoms with Crippen LogP contribution in [0.4, 0.5) is 17.5 Å². The molecule has 0 bridgehead atoms. The SMILES string of the molecule is C.Cc1cccc(N)c1C(=O)NCC1CCC(Nc2nc(N(C)C)c3ccccc3n2)CC1. The monoisotopic (exact) mass is 448 g/mol. The van der Waals surface area contributed by atoms with E-state index in [0.717, 1.165) is 48.0 Å². The summed E-state index contributed by atoms with van der Waals surface area (Å²) in [5, 5.41) is 7.68. The number of anilines is 3. The maximum Gasteiger partial charge on any atom is 0.253 e. The first-order chi connectivity index (χ1) is 15.4. The van der Waals surface area contributed by atoms with E-state index < -0.39 is 0 Å². The summed E-state index contributed by atoms with van der Waals surface area (Å²) in [6.45, 7) is 2.59. The molecule has 3 aromatic rings. The van der Waals surface area contributed by atoms with Crippen LogP contribution >= 0.6 is 0 Å². The van der Waals surface area contributed by atoms with E-state index in [1.54, 1.807) is 6.07 Å². The van der Waals surface area contributed by atoms with Gasteiger partial charge in [0.15, 0.2) is 0 Å². The minimum absolute atomic E-state index is 0. The van der Waals surface area contributed by atoms with Crippen molar-refractivity contribution < 1.29 is 4.79 Å². The quantitative estimate of drug-likeness (QED) is 0.476. The lowest BCUT2D eigenvalue weighted by atomic mass is 9.86. The number of fused-ring (bicyclic) bond motifs is 1. The Kier molecular flexibility index (Phi) is 7.74. The van der Waals surface area contributed by atoms with Gasteiger partial charge in [0.05, 0.1) is 11.1 Å². The topological polar surface area (TPSA) is 96.2 Å². The first kappa shape index (κ1) is 24.3. The first-order valence-corrected chi connectivity index (χ1v) is 11.3. The van der Waals surface area contributed by atoms with Gasteiger partial charge in [-0.15, -0.1) is 0 Å². The third kappa shape index (κ3) is 5.53. The predicted octanol–water partition coefficient (Wildman–Crippen LogP) is 4.62. The summed E-state index contributed by atoms with van der Waals surface area (Å²) >= 11 is 0. The van der Waals surface area contributed by atoms with Crippen molar-refractivity contribution in [2.45, 2.75) is 46.1 Å². The lowest BCUT2D eigenvalue weighted by molar-refractivity contribution is 0.0943. The van der Waals surface area contributed by atoms with Crippen molar-refractivity contribution >= 4 is 34.3 Å². The molecule has 1 fully saturated rings. The van der Waals surface area contributed by atoms with Gasteiger partial charge in [0, 0.05) is 37.8 Å². The van der Waals surface area contributed by atoms with Gasteiger partial charge in [-0.3, -0.25) is 4.79 Å². The molecular formula is C26H36N6O. The van der Waals surface area contributed by atoms with E-state index in [1.807, 2.05) is 56.3 Å². The van der Waals surface area contributed by atoms with Crippen LogP contribution in [0, 0.1) is 12.8 Å². The van der Waals surface area contributed by atoms with Gasteiger partial charge >= 0.3 is 0 Å². The van der Waals surface area contributed by atoms with Crippen LogP contribution < -0.4 is 21.3 Å². The largest absolute Gasteiger partial charge is 0.398 e. The Bertz CT molecular complexity index is 1080. The van der Waals surface area contributed by atoms with Crippen molar-refractivity contribution in [2.24, 2.45) is 5.92 Å². The average molecular weight is 449 g/mol. The predicted molar refractivity (Wildman–Crippen MR) is 138 cm³/mol. The number of nitrogens with one attached hydrogen (secondary N) is 2. The van der Waals surface area contributed by atoms with E-state index in [9.17, 15) is 4.79 Å². The molecule has 1 aliphatic rings. The smallest absolute Gasteiger partial charge is 0.253 e. The van der Waals surface area contributed by atoms with Crippen LogP contribution in [-0.4, -0.2) is 42.6 Å². The summed E-state index contributed by atoms with van der Waals surface area (Å²) in [4.78, 5) is 24.1. The van der Waals surface area contributed by atoms with E-state index in [4.69, 9.17) is 15.7 Å². The highest BCUT2D eigenvalue weighted by Crippen LogP contribution is 2.28. The zero-order valence-corrected chi connectivity index (χ0v) is 19.1. The van der Waals surface area contributed by atoms with Gasteiger partial charge in [-0.05, 0) is 62.3 Å². The fourth-order valence-electron chi connectivity index (χ4n) is 4.48. The molecule has 4 rings (SSSR count). The molecule has 176 valence electrons. The van der Waals surface area contributed by atoms with Crippen molar-refractivity contribution in [3.05, 3.63) is 53.6 Å². The highest BCUT2D eigenvalue weighted by Gasteiger charge is 2.23. The molecule has 33 heavy (non-hydrogen) atoms. The average Bonchev–Trinajstić information content (AvgIpc) is 2.78. The molecule has 0 unspecified atom stereocenters. The van der Waals surface area contributed by atoms with Crippen molar-refractivity contribution in [3.8, 4) is 0 Å². The number of nitrogen functional groups attached to an aromatic ring is 1. The minimum atomic E-state index is -0.0818. The number of benzene rings is 2. The number of amides is 1. The second-order valence-electron chi connectivity index (χ2n) is 8.89. The molecule has 0 spiro atoms. The molecule has 0 saturated heterocycles. The third-order valence-corrected chi connectivity index (χ3v) is 6.27. The van der Waals surface area contributed by atoms with Crippen LogP contribution in [0.2, 0.25) is 0 Å². The molecule has 1 aliphatic carbocycles. The molecule has 7 heteroatoms. The minimum Gasteiger partial charge on any atom is -0.398 e. The Morgan fingerprint density at radius 1 is 1.06 bits per heavy atom. The zero-order valence-electron chi connectivity index (χ0n) is 19.1. The lowest BCUT2D eigenvalue weighted by Gasteiger charge is -2.29. The second kappa shape index (κ2) is 10.5. The standard InChI is InChI=1S/C25H32N6O.CH4/c1-16-7-6-9-20(26)22(16)24(32)27-15-17-11-13-18(14-12-17)28-25-29-21-10-5-4-8-19(21)23(30-25)31(2)3;/h4-10,17-18H,11-15,26H2,1-3H3,(H,27,32)(H,28,29,30);1H4. The number of hydrogen-bond acceptors (Lipinski definition) is 6. The Hall–Kier alpha value is -3.35. The Morgan fingerprint density at radius 3 is 2.48 bits per heavy atom. The molecular weight excluding hydrogens is 412 g/mol. The van der Waals surface area contributed by atoms with Crippen molar-refractivity contribution in [1.29, 1.82) is 0 Å². The number of para-hydroxylation sites is 1. The Morgan fingerprint density at radius 2 is 1.79 bits per heavy atom. The summed E-state index contributed by atoms with van der Waals surface area (Å²) in [5.41, 5.74) is 8.97. The second-order valence-corrected chi connectivity index (χ2v) is 8.89. The van der Waals surface area contributed by atoms with Gasteiger partial charge in [-0.1, -0.05) is 31.7 Å². The van der Waals surface area contributed by atoms with E-state index in [1.165, 1.54) is 0 Å². The van der Waals surface area contributed by atoms with Crippen molar-refractivity contribution in [3.63, 3.8) is 0 Å². The Balaban J connectivity index is 0.00000306. The summed E-state index contributed by atoms with van der Waals surface area (Å²) in [6.07, 6.45) is 4.16. The van der Waals surface area contributed by atoms with Crippen LogP contribution in [0.15, 0.2) is 42.5 Å². The van der Waals surface area contributed by atoms with Gasteiger partial charge < -0.3 is 21.3 Å². The maximum absolute atomic E-state index is 12.6. The fourth-order valence-corrected chi connectivity index (χ4v) is 4.48.